The van der Waals surface area contributed by atoms with Crippen LogP contribution in [-0.4, -0.2) is 9.13 Å². The first-order valence-electron chi connectivity index (χ1n) is 23.4. The second kappa shape index (κ2) is 16.5. The van der Waals surface area contributed by atoms with Gasteiger partial charge in [-0.05, 0) is 127 Å². The number of rotatable bonds is 8. The van der Waals surface area contributed by atoms with Crippen LogP contribution in [0, 0.1) is 0 Å². The Bertz CT molecular complexity index is 3680. The minimum absolute atomic E-state index is 1.15. The van der Waals surface area contributed by atoms with E-state index in [1.54, 1.807) is 0 Å². The van der Waals surface area contributed by atoms with Gasteiger partial charge in [-0.15, -0.1) is 0 Å². The van der Waals surface area contributed by atoms with Gasteiger partial charge < -0.3 is 9.13 Å². The molecule has 13 rings (SSSR count). The van der Waals surface area contributed by atoms with Crippen LogP contribution in [0.3, 0.4) is 0 Å². The predicted octanol–water partition coefficient (Wildman–Crippen LogP) is 17.9. The Hall–Kier alpha value is -8.98. The van der Waals surface area contributed by atoms with Crippen molar-refractivity contribution < 1.29 is 0 Å². The highest BCUT2D eigenvalue weighted by Crippen LogP contribution is 2.40. The summed E-state index contributed by atoms with van der Waals surface area (Å²) in [6.45, 7) is 0. The van der Waals surface area contributed by atoms with E-state index in [-0.39, 0.29) is 0 Å². The lowest BCUT2D eigenvalue weighted by Crippen LogP contribution is -1.93. The summed E-state index contributed by atoms with van der Waals surface area (Å²) in [5.74, 6) is 0. The first kappa shape index (κ1) is 39.4. The van der Waals surface area contributed by atoms with Crippen molar-refractivity contribution >= 4 is 43.6 Å². The van der Waals surface area contributed by atoms with Crippen molar-refractivity contribution in [2.45, 2.75) is 0 Å². The van der Waals surface area contributed by atoms with Crippen molar-refractivity contribution in [3.8, 4) is 78.1 Å². The smallest absolute Gasteiger partial charge is 0.0547 e. The summed E-state index contributed by atoms with van der Waals surface area (Å²) in [6.07, 6.45) is 0. The number of hydrogen-bond donors (Lipinski definition) is 0. The molecule has 0 fully saturated rings. The van der Waals surface area contributed by atoms with Crippen LogP contribution in [0.1, 0.15) is 0 Å². The van der Waals surface area contributed by atoms with Gasteiger partial charge >= 0.3 is 0 Å². The van der Waals surface area contributed by atoms with E-state index >= 15 is 0 Å². The van der Waals surface area contributed by atoms with Crippen molar-refractivity contribution in [2.24, 2.45) is 0 Å². The van der Waals surface area contributed by atoms with Crippen molar-refractivity contribution in [3.05, 3.63) is 267 Å². The SMILES string of the molecule is c1ccc(-c2ccc(-c3ccc4c5cc(-c6ccc(-c7ccc8c(c7)c7ccc(-c9ccc(-c%10ccccc%10)cc9)cc7n8-c7ccccc7)cc6)ccc5n(-c5ccccc5)c4c3)cc2)cc1. The molecule has 13 aromatic rings. The number of hydrogen-bond acceptors (Lipinski definition) is 0. The number of aromatic nitrogens is 2. The summed E-state index contributed by atoms with van der Waals surface area (Å²) >= 11 is 0. The summed E-state index contributed by atoms with van der Waals surface area (Å²) in [5.41, 5.74) is 21.6. The van der Waals surface area contributed by atoms with E-state index in [0.717, 1.165) is 11.4 Å². The average Bonchev–Trinajstić information content (AvgIpc) is 3.93. The number of para-hydroxylation sites is 2. The lowest BCUT2D eigenvalue weighted by Gasteiger charge is -2.10. The molecule has 2 heterocycles. The quantitative estimate of drug-likeness (QED) is 0.144. The second-order valence-corrected chi connectivity index (χ2v) is 17.7. The Morgan fingerprint density at radius 3 is 0.750 bits per heavy atom. The maximum absolute atomic E-state index is 2.41. The number of fused-ring (bicyclic) bond motifs is 6. The first-order chi connectivity index (χ1) is 33.7. The molecule has 0 unspecified atom stereocenters. The summed E-state index contributed by atoms with van der Waals surface area (Å²) < 4.78 is 4.82. The van der Waals surface area contributed by atoms with Gasteiger partial charge in [0, 0.05) is 32.9 Å². The minimum atomic E-state index is 1.15. The Morgan fingerprint density at radius 1 is 0.162 bits per heavy atom. The van der Waals surface area contributed by atoms with Gasteiger partial charge in [0.05, 0.1) is 22.1 Å². The molecule has 11 aromatic carbocycles. The molecule has 0 aliphatic heterocycles. The van der Waals surface area contributed by atoms with Crippen LogP contribution in [0.5, 0.6) is 0 Å². The van der Waals surface area contributed by atoms with Crippen LogP contribution in [0.4, 0.5) is 0 Å². The third-order valence-corrected chi connectivity index (χ3v) is 13.8. The zero-order valence-electron chi connectivity index (χ0n) is 37.3. The van der Waals surface area contributed by atoms with Gasteiger partial charge in [0.25, 0.3) is 0 Å². The summed E-state index contributed by atoms with van der Waals surface area (Å²) in [4.78, 5) is 0. The zero-order valence-corrected chi connectivity index (χ0v) is 37.3. The average molecular weight is 865 g/mol. The molecule has 318 valence electrons. The molecule has 0 spiro atoms. The number of benzene rings is 11. The van der Waals surface area contributed by atoms with Gasteiger partial charge in [-0.25, -0.2) is 0 Å². The molecule has 0 aliphatic carbocycles. The zero-order chi connectivity index (χ0) is 45.0. The van der Waals surface area contributed by atoms with Gasteiger partial charge in [-0.2, -0.15) is 0 Å². The highest BCUT2D eigenvalue weighted by molar-refractivity contribution is 6.13. The topological polar surface area (TPSA) is 9.86 Å². The van der Waals surface area contributed by atoms with E-state index in [1.807, 2.05) is 0 Å². The molecular formula is C66H44N2. The maximum Gasteiger partial charge on any atom is 0.0547 e. The molecule has 2 heteroatoms. The van der Waals surface area contributed by atoms with E-state index < -0.39 is 0 Å². The van der Waals surface area contributed by atoms with Crippen molar-refractivity contribution in [2.75, 3.05) is 0 Å². The Balaban J connectivity index is 0.852. The largest absolute Gasteiger partial charge is 0.309 e. The fraction of sp³-hybridized carbons (Fsp3) is 0. The Labute approximate surface area is 395 Å². The summed E-state index contributed by atoms with van der Waals surface area (Å²) in [6, 6.07) is 97.3. The highest BCUT2D eigenvalue weighted by atomic mass is 15.0. The van der Waals surface area contributed by atoms with E-state index in [1.165, 1.54) is 110 Å². The molecular weight excluding hydrogens is 821 g/mol. The molecule has 0 radical (unpaired) electrons. The molecule has 0 atom stereocenters. The first-order valence-corrected chi connectivity index (χ1v) is 23.4. The molecule has 2 nitrogen and oxygen atoms in total. The van der Waals surface area contributed by atoms with Crippen LogP contribution in [0.2, 0.25) is 0 Å². The molecule has 0 bridgehead atoms. The summed E-state index contributed by atoms with van der Waals surface area (Å²) in [5, 5.41) is 4.96. The van der Waals surface area contributed by atoms with E-state index in [9.17, 15) is 0 Å². The predicted molar refractivity (Wildman–Crippen MR) is 288 cm³/mol. The normalized spacial score (nSPS) is 11.5. The van der Waals surface area contributed by atoms with Gasteiger partial charge in [-0.1, -0.05) is 206 Å². The van der Waals surface area contributed by atoms with E-state index in [2.05, 4.69) is 276 Å². The van der Waals surface area contributed by atoms with Crippen LogP contribution >= 0.6 is 0 Å². The van der Waals surface area contributed by atoms with E-state index in [0.29, 0.717) is 0 Å². The van der Waals surface area contributed by atoms with Gasteiger partial charge in [0.2, 0.25) is 0 Å². The molecule has 0 saturated heterocycles. The summed E-state index contributed by atoms with van der Waals surface area (Å²) in [7, 11) is 0. The number of nitrogens with zero attached hydrogens (tertiary/aromatic N) is 2. The Morgan fingerprint density at radius 2 is 0.412 bits per heavy atom. The molecule has 0 amide bonds. The van der Waals surface area contributed by atoms with Gasteiger partial charge in [0.15, 0.2) is 0 Å². The molecule has 2 aromatic heterocycles. The third-order valence-electron chi connectivity index (χ3n) is 13.8. The van der Waals surface area contributed by atoms with E-state index in [4.69, 9.17) is 0 Å². The molecule has 0 saturated carbocycles. The lowest BCUT2D eigenvalue weighted by atomic mass is 9.97. The van der Waals surface area contributed by atoms with Crippen LogP contribution in [0.25, 0.3) is 122 Å². The fourth-order valence-corrected chi connectivity index (χ4v) is 10.3. The molecule has 0 aliphatic rings. The maximum atomic E-state index is 2.41. The van der Waals surface area contributed by atoms with Crippen LogP contribution in [0.15, 0.2) is 267 Å². The Kier molecular flexibility index (Phi) is 9.54. The van der Waals surface area contributed by atoms with Crippen molar-refractivity contribution in [1.29, 1.82) is 0 Å². The fourth-order valence-electron chi connectivity index (χ4n) is 10.3. The third kappa shape index (κ3) is 6.90. The minimum Gasteiger partial charge on any atom is -0.309 e. The monoisotopic (exact) mass is 864 g/mol. The highest BCUT2D eigenvalue weighted by Gasteiger charge is 2.17. The molecule has 0 N–H and O–H groups in total. The lowest BCUT2D eigenvalue weighted by molar-refractivity contribution is 1.18. The molecule has 68 heavy (non-hydrogen) atoms. The van der Waals surface area contributed by atoms with Crippen LogP contribution in [-0.2, 0) is 0 Å². The second-order valence-electron chi connectivity index (χ2n) is 17.7. The van der Waals surface area contributed by atoms with Gasteiger partial charge in [0.1, 0.15) is 0 Å². The van der Waals surface area contributed by atoms with Crippen molar-refractivity contribution in [3.63, 3.8) is 0 Å². The van der Waals surface area contributed by atoms with Crippen LogP contribution < -0.4 is 0 Å². The van der Waals surface area contributed by atoms with Crippen molar-refractivity contribution in [1.82, 2.24) is 9.13 Å². The standard InChI is InChI=1S/C66H44N2/c1-5-13-45(14-6-1)47-21-25-51(26-22-47)55-33-37-59-61-41-53(35-39-63(61)67(65(59)43-55)57-17-9-3-10-18-57)49-29-31-50(32-30-49)54-36-40-64-62(42-54)60-38-34-56(44-66(60)68(64)58-19-11-4-12-20-58)52-27-23-48(24-28-52)46-15-7-2-8-16-46/h1-44H. The van der Waals surface area contributed by atoms with Gasteiger partial charge in [-0.3, -0.25) is 0 Å².